The van der Waals surface area contributed by atoms with Gasteiger partial charge in [-0.25, -0.2) is 0 Å². The Balaban J connectivity index is 0.00000106. The molecule has 5 nitrogen and oxygen atoms in total. The van der Waals surface area contributed by atoms with Gasteiger partial charge in [0.1, 0.15) is 0 Å². The van der Waals surface area contributed by atoms with Crippen molar-refractivity contribution < 1.29 is 18.8 Å². The van der Waals surface area contributed by atoms with E-state index in [1.165, 1.54) is 6.21 Å². The van der Waals surface area contributed by atoms with Gasteiger partial charge in [-0.05, 0) is 35.4 Å². The number of benzene rings is 1. The van der Waals surface area contributed by atoms with E-state index in [0.29, 0.717) is 5.69 Å². The van der Waals surface area contributed by atoms with Crippen LogP contribution < -0.4 is 11.5 Å². The number of nitrogens with zero attached hydrogens (tertiary/aromatic N) is 3. The average Bonchev–Trinajstić information content (AvgIpc) is 2.49. The van der Waals surface area contributed by atoms with Gasteiger partial charge in [0, 0.05) is 18.1 Å². The number of anilines is 1. The quantitative estimate of drug-likeness (QED) is 0.168. The van der Waals surface area contributed by atoms with Gasteiger partial charge in [0.05, 0.1) is 5.69 Å². The molecule has 0 saturated heterocycles. The molecule has 0 aliphatic rings. The van der Waals surface area contributed by atoms with Crippen LogP contribution in [-0.2, 0) is 31.0 Å². The molecule has 8 heteroatoms. The third-order valence-corrected chi connectivity index (χ3v) is 2.44. The summed E-state index contributed by atoms with van der Waals surface area (Å²) < 4.78 is 0. The maximum atomic E-state index is 5.77. The molecule has 2 rings (SSSR count). The Morgan fingerprint density at radius 3 is 2.67 bits per heavy atom. The molecule has 4 N–H and O–H groups in total. The summed E-state index contributed by atoms with van der Waals surface area (Å²) in [4.78, 5) is 4.17. The molecule has 0 bridgehead atoms. The Morgan fingerprint density at radius 1 is 1.29 bits per heavy atom. The van der Waals surface area contributed by atoms with Crippen molar-refractivity contribution in [1.82, 2.24) is 4.98 Å². The van der Waals surface area contributed by atoms with Gasteiger partial charge < -0.3 is 16.3 Å². The monoisotopic (exact) mass is 501 g/mol. The molecule has 0 aliphatic carbocycles. The van der Waals surface area contributed by atoms with Gasteiger partial charge in [0.15, 0.2) is 17.3 Å². The minimum atomic E-state index is 0.100. The van der Waals surface area contributed by atoms with Crippen molar-refractivity contribution in [3.8, 4) is 11.1 Å². The molecule has 0 saturated carbocycles. The van der Waals surface area contributed by atoms with Gasteiger partial charge in [-0.15, -0.1) is 0 Å². The zero-order chi connectivity index (χ0) is 15.7. The van der Waals surface area contributed by atoms with Gasteiger partial charge in [-0.3, -0.25) is 10.7 Å². The van der Waals surface area contributed by atoms with Crippen molar-refractivity contribution in [2.24, 2.45) is 10.8 Å². The molecule has 0 unspecified atom stereocenters. The Labute approximate surface area is 143 Å². The summed E-state index contributed by atoms with van der Waals surface area (Å²) in [5.74, 6) is 0. The Hall–Kier alpha value is -1.33. The first kappa shape index (κ1) is 17.7. The summed E-state index contributed by atoms with van der Waals surface area (Å²) in [6.45, 7) is 0. The third kappa shape index (κ3) is 6.31. The molecule has 0 amide bonds. The molecule has 1 aromatic carbocycles. The zero-order valence-electron chi connectivity index (χ0n) is 10.8. The van der Waals surface area contributed by atoms with Gasteiger partial charge in [0.2, 0.25) is 0 Å². The second-order valence-corrected chi connectivity index (χ2v) is 4.26. The van der Waals surface area contributed by atoms with Crippen LogP contribution in [0.4, 0.5) is 5.69 Å². The summed E-state index contributed by atoms with van der Waals surface area (Å²) in [5, 5.41) is 3.87. The predicted molar refractivity (Wildman–Crippen MR) is 88.8 cm³/mol. The van der Waals surface area contributed by atoms with Crippen molar-refractivity contribution in [3.63, 3.8) is 0 Å². The number of hydrogen-bond donors (Lipinski definition) is 2. The molecule has 2 aromatic rings. The van der Waals surface area contributed by atoms with Gasteiger partial charge in [-0.2, -0.15) is 0 Å². The van der Waals surface area contributed by atoms with E-state index in [1.807, 2.05) is 36.4 Å². The minimum absolute atomic E-state index is 0.100. The second kappa shape index (κ2) is 9.58. The SMILES string of the molecule is NC(=[SH+])[N-]N=Cc1cc(-c2cccc(N)c2)ccn1.[Cl][Pt]. The van der Waals surface area contributed by atoms with E-state index < -0.39 is 0 Å². The normalized spacial score (nSPS) is 9.90. The number of thiol groups is 1. The fraction of sp³-hybridized carbons (Fsp3) is 0. The first-order valence-corrected chi connectivity index (χ1v) is 8.91. The number of rotatable bonds is 3. The van der Waals surface area contributed by atoms with Crippen molar-refractivity contribution in [3.05, 3.63) is 53.7 Å². The number of halogens is 1. The van der Waals surface area contributed by atoms with Crippen LogP contribution in [0.1, 0.15) is 5.69 Å². The maximum absolute atomic E-state index is 5.77. The van der Waals surface area contributed by atoms with Crippen LogP contribution >= 0.6 is 9.42 Å². The number of aromatic nitrogens is 1. The molecule has 1 heterocycles. The third-order valence-electron chi connectivity index (χ3n) is 2.35. The van der Waals surface area contributed by atoms with Gasteiger partial charge in [-0.1, -0.05) is 12.1 Å². The topological polar surface area (TPSA) is 91.4 Å². The van der Waals surface area contributed by atoms with Crippen LogP contribution in [0, 0.1) is 0 Å². The van der Waals surface area contributed by atoms with Crippen LogP contribution in [0.15, 0.2) is 47.7 Å². The Bertz CT molecular complexity index is 635. The molecular formula is C13H13ClN5PtS. The molecule has 0 fully saturated rings. The number of nitrogens with two attached hydrogens (primary N) is 2. The fourth-order valence-corrected chi connectivity index (χ4v) is 1.62. The van der Waals surface area contributed by atoms with E-state index in [0.717, 1.165) is 16.8 Å². The van der Waals surface area contributed by atoms with E-state index in [4.69, 9.17) is 11.5 Å². The predicted octanol–water partition coefficient (Wildman–Crippen LogP) is 2.05. The molecular weight excluding hydrogens is 489 g/mol. The van der Waals surface area contributed by atoms with Gasteiger partial charge in [0.25, 0.3) is 0 Å². The van der Waals surface area contributed by atoms with Crippen molar-refractivity contribution in [2.75, 3.05) is 5.73 Å². The van der Waals surface area contributed by atoms with Crippen LogP contribution in [0.5, 0.6) is 0 Å². The molecule has 0 aliphatic heterocycles. The molecule has 0 atom stereocenters. The number of hydrogen-bond acceptors (Lipinski definition) is 3. The molecule has 0 spiro atoms. The van der Waals surface area contributed by atoms with E-state index in [-0.39, 0.29) is 5.11 Å². The van der Waals surface area contributed by atoms with Gasteiger partial charge >= 0.3 is 28.2 Å². The van der Waals surface area contributed by atoms with Crippen LogP contribution in [0.2, 0.25) is 0 Å². The molecule has 1 aromatic heterocycles. The van der Waals surface area contributed by atoms with Crippen LogP contribution in [0.25, 0.3) is 16.6 Å². The first-order valence-electron chi connectivity index (χ1n) is 5.64. The summed E-state index contributed by atoms with van der Waals surface area (Å²) in [5.41, 5.74) is 18.1. The Kier molecular flexibility index (Phi) is 8.08. The standard InChI is InChI=1S/C13H13N5S.ClH.Pt/c14-11-3-1-2-9(6-11)10-4-5-16-12(7-10)8-17-18-13(15)19;;/h1-8H,14H2,(H3,15,16,18,19);1H;/q;;+1/p-1. The van der Waals surface area contributed by atoms with Crippen molar-refractivity contribution >= 4 is 38.7 Å². The summed E-state index contributed by atoms with van der Waals surface area (Å²) in [6.07, 6.45) is 3.21. The van der Waals surface area contributed by atoms with Crippen LogP contribution in [0.3, 0.4) is 0 Å². The number of nitrogen functional groups attached to an aromatic ring is 1. The molecule has 0 radical (unpaired) electrons. The second-order valence-electron chi connectivity index (χ2n) is 3.80. The first-order chi connectivity index (χ1) is 10.1. The van der Waals surface area contributed by atoms with Crippen molar-refractivity contribution in [1.29, 1.82) is 0 Å². The number of pyridine rings is 1. The van der Waals surface area contributed by atoms with Crippen LogP contribution in [-0.4, -0.2) is 16.3 Å². The Morgan fingerprint density at radius 2 is 2.00 bits per heavy atom. The van der Waals surface area contributed by atoms with E-state index >= 15 is 0 Å². The zero-order valence-corrected chi connectivity index (χ0v) is 14.7. The van der Waals surface area contributed by atoms with E-state index in [1.54, 1.807) is 25.0 Å². The molecule has 21 heavy (non-hydrogen) atoms. The van der Waals surface area contributed by atoms with Crippen molar-refractivity contribution in [2.45, 2.75) is 0 Å². The molecule has 113 valence electrons. The summed E-state index contributed by atoms with van der Waals surface area (Å²) in [7, 11) is 4.61. The fourth-order valence-electron chi connectivity index (χ4n) is 1.56. The van der Waals surface area contributed by atoms with E-state index in [2.05, 4.69) is 37.1 Å². The van der Waals surface area contributed by atoms with E-state index in [9.17, 15) is 0 Å². The average molecular weight is 502 g/mol. The summed E-state index contributed by atoms with van der Waals surface area (Å²) >= 11 is 5.42. The summed E-state index contributed by atoms with van der Waals surface area (Å²) in [6, 6.07) is 11.4.